The molecule has 14 N–H and O–H groups in total. The van der Waals surface area contributed by atoms with Gasteiger partial charge in [-0.2, -0.15) is 0 Å². The first-order chi connectivity index (χ1) is 30.6. The minimum Gasteiger partial charge on any atom is -0.370 e. The van der Waals surface area contributed by atoms with E-state index in [0.29, 0.717) is 25.9 Å². The Balaban J connectivity index is 1.55. The molecule has 2 aliphatic rings. The number of Topliss-reactive ketones (excluding diaryl/α,β-unsaturated/α-hetero) is 3. The predicted molar refractivity (Wildman–Crippen MR) is 244 cm³/mol. The van der Waals surface area contributed by atoms with Crippen LogP contribution in [-0.2, 0) is 46.4 Å². The fourth-order valence-corrected chi connectivity index (χ4v) is 7.99. The molecule has 2 unspecified atom stereocenters. The molecule has 0 bridgehead atoms. The molecule has 2 saturated heterocycles. The highest BCUT2D eigenvalue weighted by Gasteiger charge is 2.41. The smallest absolute Gasteiger partial charge is 0.243 e. The zero-order valence-corrected chi connectivity index (χ0v) is 37.1. The summed E-state index contributed by atoms with van der Waals surface area (Å²) in [5.74, 6) is -5.81. The second kappa shape index (κ2) is 26.2. The van der Waals surface area contributed by atoms with E-state index in [4.69, 9.17) is 46.1 Å². The Morgan fingerprint density at radius 2 is 0.938 bits per heavy atom. The van der Waals surface area contributed by atoms with Gasteiger partial charge in [0.25, 0.3) is 0 Å². The van der Waals surface area contributed by atoms with Gasteiger partial charge in [-0.25, -0.2) is 0 Å². The third-order valence-corrected chi connectivity index (χ3v) is 11.7. The summed E-state index contributed by atoms with van der Waals surface area (Å²) in [5.41, 5.74) is 23.4. The van der Waals surface area contributed by atoms with Crippen LogP contribution in [0.25, 0.3) is 0 Å². The molecule has 2 aliphatic heterocycles. The molecule has 0 aromatic heterocycles. The van der Waals surface area contributed by atoms with Gasteiger partial charge in [0.05, 0.1) is 24.2 Å². The van der Waals surface area contributed by atoms with Crippen molar-refractivity contribution in [3.8, 4) is 0 Å². The number of benzene rings is 2. The molecule has 2 aromatic carbocycles. The van der Waals surface area contributed by atoms with Crippen molar-refractivity contribution >= 4 is 76.1 Å². The molecular formula is C43H60Cl2N12O7. The molecular weight excluding hydrogens is 867 g/mol. The van der Waals surface area contributed by atoms with E-state index in [1.807, 2.05) is 0 Å². The van der Waals surface area contributed by atoms with Gasteiger partial charge in [0.2, 0.25) is 23.6 Å². The molecule has 0 spiro atoms. The number of carbonyl (C=O) groups excluding carboxylic acids is 7. The number of amides is 4. The zero-order valence-electron chi connectivity index (χ0n) is 35.6. The SMILES string of the molecule is NC(N)=NCCC[C@H](NC(=O)[C@H](Cc1ccccc1)NC(=O)[C@@H]1CCCN1)C(=O)C(Cl)C(=O)C(Cl)C(=O)[C@H](CCCN=C(N)N)NC(=O)[C@H](Cc1ccccc1)NC(=O)[C@@H]1CCCN1. The Morgan fingerprint density at radius 1 is 0.562 bits per heavy atom. The number of aliphatic imine (C=N–C) groups is 2. The van der Waals surface area contributed by atoms with Crippen LogP contribution >= 0.6 is 23.2 Å². The van der Waals surface area contributed by atoms with E-state index in [2.05, 4.69) is 41.9 Å². The number of rotatable bonds is 26. The average Bonchev–Trinajstić information content (AvgIpc) is 4.04. The minimum absolute atomic E-state index is 0.0567. The number of nitrogens with zero attached hydrogens (tertiary/aromatic N) is 2. The van der Waals surface area contributed by atoms with Gasteiger partial charge >= 0.3 is 0 Å². The molecule has 4 rings (SSSR count). The quantitative estimate of drug-likeness (QED) is 0.0177. The number of alkyl halides is 2. The van der Waals surface area contributed by atoms with Gasteiger partial charge in [0.15, 0.2) is 40.0 Å². The predicted octanol–water partition coefficient (Wildman–Crippen LogP) is -1.06. The third-order valence-electron chi connectivity index (χ3n) is 10.8. The topological polar surface area (TPSA) is 320 Å². The van der Waals surface area contributed by atoms with Gasteiger partial charge in [-0.3, -0.25) is 43.5 Å². The standard InChI is InChI=1S/C43H60Cl2N12O7/c44-33(35(58)27(15-7-21-52-42(46)47)54-40(63)31(23-25-11-3-1-4-12-25)56-38(61)29-17-9-19-50-29)37(60)34(45)36(59)28(16-8-22-53-43(48)49)55-41(64)32(24-26-13-5-2-6-14-26)57-39(62)30-18-10-20-51-30/h1-6,11-14,27-34,50-51H,7-10,15-24H2,(H,54,63)(H,55,64)(H,56,61)(H,57,62)(H4,46,47,52)(H4,48,49,53)/t27-,28-,29-,30-,31-,32-,33?,34?/m0/s1. The van der Waals surface area contributed by atoms with Crippen LogP contribution < -0.4 is 54.8 Å². The van der Waals surface area contributed by atoms with Gasteiger partial charge in [0.1, 0.15) is 12.1 Å². The summed E-state index contributed by atoms with van der Waals surface area (Å²) >= 11 is 13.1. The number of halogens is 2. The second-order valence-electron chi connectivity index (χ2n) is 15.8. The summed E-state index contributed by atoms with van der Waals surface area (Å²) in [6.45, 7) is 1.40. The fourth-order valence-electron chi connectivity index (χ4n) is 7.36. The number of guanidine groups is 2. The monoisotopic (exact) mass is 926 g/mol. The maximum absolute atomic E-state index is 14.1. The molecule has 4 amide bonds. The molecule has 21 heteroatoms. The zero-order chi connectivity index (χ0) is 46.6. The number of ketones is 3. The van der Waals surface area contributed by atoms with E-state index in [9.17, 15) is 33.6 Å². The Hall–Kier alpha value is -5.63. The van der Waals surface area contributed by atoms with Crippen molar-refractivity contribution in [1.29, 1.82) is 0 Å². The third kappa shape index (κ3) is 16.5. The van der Waals surface area contributed by atoms with Crippen molar-refractivity contribution in [2.75, 3.05) is 26.2 Å². The lowest BCUT2D eigenvalue weighted by molar-refractivity contribution is -0.135. The van der Waals surface area contributed by atoms with Crippen molar-refractivity contribution in [2.24, 2.45) is 32.9 Å². The summed E-state index contributed by atoms with van der Waals surface area (Å²) in [5, 5.41) is 13.0. The lowest BCUT2D eigenvalue weighted by atomic mass is 9.95. The fraction of sp³-hybridized carbons (Fsp3) is 0.512. The first-order valence-corrected chi connectivity index (χ1v) is 22.3. The number of nitrogens with one attached hydrogen (secondary N) is 6. The van der Waals surface area contributed by atoms with E-state index in [-0.39, 0.29) is 63.5 Å². The van der Waals surface area contributed by atoms with E-state index in [1.165, 1.54) is 0 Å². The van der Waals surface area contributed by atoms with Crippen molar-refractivity contribution in [3.63, 3.8) is 0 Å². The highest BCUT2D eigenvalue weighted by Crippen LogP contribution is 2.18. The van der Waals surface area contributed by atoms with Crippen molar-refractivity contribution < 1.29 is 33.6 Å². The van der Waals surface area contributed by atoms with E-state index in [1.54, 1.807) is 60.7 Å². The number of carbonyl (C=O) groups is 7. The van der Waals surface area contributed by atoms with Crippen LogP contribution in [0.3, 0.4) is 0 Å². The molecule has 64 heavy (non-hydrogen) atoms. The Kier molecular flexibility index (Phi) is 20.9. The van der Waals surface area contributed by atoms with Gasteiger partial charge in [0, 0.05) is 25.9 Å². The Morgan fingerprint density at radius 3 is 1.27 bits per heavy atom. The maximum Gasteiger partial charge on any atom is 0.243 e. The largest absolute Gasteiger partial charge is 0.370 e. The lowest BCUT2D eigenvalue weighted by Gasteiger charge is -2.26. The minimum atomic E-state index is -2.05. The highest BCUT2D eigenvalue weighted by molar-refractivity contribution is 6.52. The molecule has 0 radical (unpaired) electrons. The van der Waals surface area contributed by atoms with Crippen molar-refractivity contribution in [3.05, 3.63) is 71.8 Å². The summed E-state index contributed by atoms with van der Waals surface area (Å²) in [6, 6.07) is 11.8. The average molecular weight is 928 g/mol. The van der Waals surface area contributed by atoms with Crippen LogP contribution in [0.5, 0.6) is 0 Å². The van der Waals surface area contributed by atoms with Crippen LogP contribution in [0.4, 0.5) is 0 Å². The molecule has 348 valence electrons. The summed E-state index contributed by atoms with van der Waals surface area (Å²) in [7, 11) is 0. The first kappa shape index (κ1) is 51.0. The Bertz CT molecular complexity index is 1820. The number of hydrogen-bond acceptors (Lipinski definition) is 11. The molecule has 2 aromatic rings. The second-order valence-corrected chi connectivity index (χ2v) is 16.6. The summed E-state index contributed by atoms with van der Waals surface area (Å²) in [6.07, 6.45) is 2.99. The normalized spacial score (nSPS) is 18.5. The first-order valence-electron chi connectivity index (χ1n) is 21.4. The van der Waals surface area contributed by atoms with Gasteiger partial charge in [-0.1, -0.05) is 60.7 Å². The molecule has 19 nitrogen and oxygen atoms in total. The van der Waals surface area contributed by atoms with Crippen LogP contribution in [-0.4, -0.2) is 126 Å². The van der Waals surface area contributed by atoms with Crippen LogP contribution in [0.1, 0.15) is 62.5 Å². The summed E-state index contributed by atoms with van der Waals surface area (Å²) in [4.78, 5) is 104. The van der Waals surface area contributed by atoms with Gasteiger partial charge < -0.3 is 54.8 Å². The summed E-state index contributed by atoms with van der Waals surface area (Å²) < 4.78 is 0. The molecule has 0 saturated carbocycles. The van der Waals surface area contributed by atoms with Gasteiger partial charge in [-0.05, 0) is 75.6 Å². The van der Waals surface area contributed by atoms with Crippen molar-refractivity contribution in [2.45, 2.75) is 111 Å². The van der Waals surface area contributed by atoms with E-state index in [0.717, 1.165) is 24.0 Å². The lowest BCUT2D eigenvalue weighted by Crippen LogP contribution is -2.57. The molecule has 2 fully saturated rings. The molecule has 8 atom stereocenters. The number of nitrogens with two attached hydrogens (primary N) is 4. The molecule has 2 heterocycles. The van der Waals surface area contributed by atoms with E-state index >= 15 is 0 Å². The van der Waals surface area contributed by atoms with Crippen molar-refractivity contribution in [1.82, 2.24) is 31.9 Å². The van der Waals surface area contributed by atoms with Crippen LogP contribution in [0.2, 0.25) is 0 Å². The van der Waals surface area contributed by atoms with Crippen LogP contribution in [0.15, 0.2) is 70.6 Å². The van der Waals surface area contributed by atoms with Gasteiger partial charge in [-0.15, -0.1) is 23.2 Å². The number of hydrogen-bond donors (Lipinski definition) is 10. The Labute approximate surface area is 382 Å². The van der Waals surface area contributed by atoms with E-state index < -0.39 is 88.0 Å². The highest BCUT2D eigenvalue weighted by atomic mass is 35.5. The molecule has 0 aliphatic carbocycles. The maximum atomic E-state index is 14.1. The van der Waals surface area contributed by atoms with Crippen LogP contribution in [0, 0.1) is 0 Å².